The van der Waals surface area contributed by atoms with Gasteiger partial charge in [-0.3, -0.25) is 0 Å². The molecule has 0 bridgehead atoms. The number of rotatable bonds is 1. The van der Waals surface area contributed by atoms with Crippen LogP contribution in [0.25, 0.3) is 0 Å². The molecule has 1 fully saturated rings. The van der Waals surface area contributed by atoms with E-state index in [1.54, 1.807) is 0 Å². The summed E-state index contributed by atoms with van der Waals surface area (Å²) in [4.78, 5) is 0. The van der Waals surface area contributed by atoms with E-state index < -0.39 is 0 Å². The van der Waals surface area contributed by atoms with Crippen molar-refractivity contribution in [2.45, 2.75) is 13.0 Å². The average molecular weight is 222 g/mol. The number of benzene rings is 1. The third kappa shape index (κ3) is 1.64. The first-order chi connectivity index (χ1) is 7.84. The van der Waals surface area contributed by atoms with Gasteiger partial charge in [0.1, 0.15) is 6.79 Å². The summed E-state index contributed by atoms with van der Waals surface area (Å²) in [6.07, 6.45) is 0.0863. The highest BCUT2D eigenvalue weighted by Crippen LogP contribution is 2.37. The standard InChI is InChI=1S/C12H14O4/c1-8-5-13-6-16-12(8)9-2-3-10-11(4-9)15-7-14-10/h2-4,8,12H,5-7H2,1H3/t8-,12-/m1/s1. The van der Waals surface area contributed by atoms with Crippen molar-refractivity contribution in [2.24, 2.45) is 5.92 Å². The minimum atomic E-state index is 0.0863. The molecule has 16 heavy (non-hydrogen) atoms. The Balaban J connectivity index is 1.88. The molecule has 0 N–H and O–H groups in total. The second-order valence-corrected chi connectivity index (χ2v) is 4.17. The van der Waals surface area contributed by atoms with E-state index in [1.807, 2.05) is 18.2 Å². The van der Waals surface area contributed by atoms with E-state index in [-0.39, 0.29) is 6.10 Å². The molecule has 0 aliphatic carbocycles. The normalized spacial score (nSPS) is 28.1. The van der Waals surface area contributed by atoms with Crippen molar-refractivity contribution in [2.75, 3.05) is 20.2 Å². The molecule has 0 unspecified atom stereocenters. The van der Waals surface area contributed by atoms with Crippen molar-refractivity contribution in [3.63, 3.8) is 0 Å². The van der Waals surface area contributed by atoms with E-state index in [9.17, 15) is 0 Å². The molecule has 2 aliphatic heterocycles. The highest BCUT2D eigenvalue weighted by molar-refractivity contribution is 5.45. The van der Waals surface area contributed by atoms with Gasteiger partial charge < -0.3 is 18.9 Å². The fraction of sp³-hybridized carbons (Fsp3) is 0.500. The lowest BCUT2D eigenvalue weighted by Crippen LogP contribution is -2.25. The minimum absolute atomic E-state index is 0.0863. The molecule has 2 heterocycles. The van der Waals surface area contributed by atoms with Crippen LogP contribution in [0, 0.1) is 5.92 Å². The Kier molecular flexibility index (Phi) is 2.46. The molecule has 0 aromatic heterocycles. The van der Waals surface area contributed by atoms with Gasteiger partial charge in [-0.25, -0.2) is 0 Å². The molecule has 0 amide bonds. The zero-order chi connectivity index (χ0) is 11.0. The van der Waals surface area contributed by atoms with E-state index in [1.165, 1.54) is 0 Å². The van der Waals surface area contributed by atoms with Crippen LogP contribution in [-0.4, -0.2) is 20.2 Å². The molecule has 1 saturated heterocycles. The van der Waals surface area contributed by atoms with E-state index >= 15 is 0 Å². The fourth-order valence-corrected chi connectivity index (χ4v) is 2.12. The molecular weight excluding hydrogens is 208 g/mol. The van der Waals surface area contributed by atoms with Gasteiger partial charge in [-0.2, -0.15) is 0 Å². The molecule has 0 spiro atoms. The van der Waals surface area contributed by atoms with Crippen molar-refractivity contribution in [3.05, 3.63) is 23.8 Å². The van der Waals surface area contributed by atoms with Crippen molar-refractivity contribution < 1.29 is 18.9 Å². The molecule has 1 aromatic rings. The monoisotopic (exact) mass is 222 g/mol. The topological polar surface area (TPSA) is 36.9 Å². The van der Waals surface area contributed by atoms with E-state index in [0.29, 0.717) is 19.5 Å². The Hall–Kier alpha value is -1.26. The molecule has 1 aromatic carbocycles. The van der Waals surface area contributed by atoms with Crippen LogP contribution in [0.4, 0.5) is 0 Å². The van der Waals surface area contributed by atoms with Gasteiger partial charge in [0.05, 0.1) is 12.7 Å². The number of hydrogen-bond donors (Lipinski definition) is 0. The van der Waals surface area contributed by atoms with Gasteiger partial charge in [0.25, 0.3) is 0 Å². The third-order valence-corrected chi connectivity index (χ3v) is 2.95. The first-order valence-corrected chi connectivity index (χ1v) is 5.43. The highest BCUT2D eigenvalue weighted by Gasteiger charge is 2.26. The second kappa shape index (κ2) is 3.96. The summed E-state index contributed by atoms with van der Waals surface area (Å²) in [7, 11) is 0. The van der Waals surface area contributed by atoms with Crippen molar-refractivity contribution in [1.29, 1.82) is 0 Å². The lowest BCUT2D eigenvalue weighted by molar-refractivity contribution is -0.168. The van der Waals surface area contributed by atoms with Gasteiger partial charge in [-0.05, 0) is 17.7 Å². The molecule has 86 valence electrons. The summed E-state index contributed by atoms with van der Waals surface area (Å²) in [6.45, 7) is 3.53. The van der Waals surface area contributed by atoms with Gasteiger partial charge in [-0.15, -0.1) is 0 Å². The zero-order valence-electron chi connectivity index (χ0n) is 9.14. The Morgan fingerprint density at radius 1 is 1.12 bits per heavy atom. The lowest BCUT2D eigenvalue weighted by Gasteiger charge is -2.29. The molecule has 2 atom stereocenters. The summed E-state index contributed by atoms with van der Waals surface area (Å²) in [5, 5.41) is 0. The van der Waals surface area contributed by atoms with Gasteiger partial charge in [0, 0.05) is 5.92 Å². The van der Waals surface area contributed by atoms with Crippen molar-refractivity contribution >= 4 is 0 Å². The number of hydrogen-bond acceptors (Lipinski definition) is 4. The average Bonchev–Trinajstić information content (AvgIpc) is 2.76. The van der Waals surface area contributed by atoms with Gasteiger partial charge >= 0.3 is 0 Å². The Labute approximate surface area is 94.1 Å². The van der Waals surface area contributed by atoms with Crippen LogP contribution < -0.4 is 9.47 Å². The van der Waals surface area contributed by atoms with Crippen LogP contribution in [0.1, 0.15) is 18.6 Å². The first-order valence-electron chi connectivity index (χ1n) is 5.43. The Morgan fingerprint density at radius 3 is 2.88 bits per heavy atom. The fourth-order valence-electron chi connectivity index (χ4n) is 2.12. The largest absolute Gasteiger partial charge is 0.454 e. The van der Waals surface area contributed by atoms with E-state index in [0.717, 1.165) is 23.7 Å². The molecule has 4 nitrogen and oxygen atoms in total. The third-order valence-electron chi connectivity index (χ3n) is 2.95. The minimum Gasteiger partial charge on any atom is -0.454 e. The Bertz CT molecular complexity index is 391. The Morgan fingerprint density at radius 2 is 2.00 bits per heavy atom. The maximum Gasteiger partial charge on any atom is 0.231 e. The predicted molar refractivity (Wildman–Crippen MR) is 56.4 cm³/mol. The summed E-state index contributed by atoms with van der Waals surface area (Å²) < 4.78 is 21.5. The number of fused-ring (bicyclic) bond motifs is 1. The van der Waals surface area contributed by atoms with Crippen LogP contribution >= 0.6 is 0 Å². The second-order valence-electron chi connectivity index (χ2n) is 4.17. The van der Waals surface area contributed by atoms with E-state index in [4.69, 9.17) is 18.9 Å². The number of ether oxygens (including phenoxy) is 4. The smallest absolute Gasteiger partial charge is 0.231 e. The van der Waals surface area contributed by atoms with Crippen LogP contribution in [0.5, 0.6) is 11.5 Å². The van der Waals surface area contributed by atoms with Gasteiger partial charge in [-0.1, -0.05) is 13.0 Å². The maximum absolute atomic E-state index is 5.62. The van der Waals surface area contributed by atoms with Gasteiger partial charge in [0.2, 0.25) is 6.79 Å². The van der Waals surface area contributed by atoms with Crippen LogP contribution in [0.15, 0.2) is 18.2 Å². The lowest BCUT2D eigenvalue weighted by atomic mass is 9.97. The SMILES string of the molecule is C[C@@H]1COCO[C@H]1c1ccc2c(c1)OCO2. The zero-order valence-corrected chi connectivity index (χ0v) is 9.14. The van der Waals surface area contributed by atoms with Crippen LogP contribution in [0.2, 0.25) is 0 Å². The molecule has 0 saturated carbocycles. The summed E-state index contributed by atoms with van der Waals surface area (Å²) in [5.41, 5.74) is 1.13. The molecule has 2 aliphatic rings. The first kappa shape index (κ1) is 9.93. The summed E-state index contributed by atoms with van der Waals surface area (Å²) in [5.74, 6) is 1.97. The molecule has 0 radical (unpaired) electrons. The van der Waals surface area contributed by atoms with Crippen molar-refractivity contribution in [1.82, 2.24) is 0 Å². The maximum atomic E-state index is 5.62. The summed E-state index contributed by atoms with van der Waals surface area (Å²) in [6, 6.07) is 5.96. The van der Waals surface area contributed by atoms with Crippen LogP contribution in [0.3, 0.4) is 0 Å². The van der Waals surface area contributed by atoms with Gasteiger partial charge in [0.15, 0.2) is 11.5 Å². The quantitative estimate of drug-likeness (QED) is 0.729. The molecule has 4 heteroatoms. The van der Waals surface area contributed by atoms with Crippen LogP contribution in [-0.2, 0) is 9.47 Å². The molecule has 3 rings (SSSR count). The predicted octanol–water partition coefficient (Wildman–Crippen LogP) is 2.10. The molecular formula is C12H14O4. The summed E-state index contributed by atoms with van der Waals surface area (Å²) >= 11 is 0. The van der Waals surface area contributed by atoms with E-state index in [2.05, 4.69) is 6.92 Å². The highest BCUT2D eigenvalue weighted by atomic mass is 16.7. The van der Waals surface area contributed by atoms with Crippen molar-refractivity contribution in [3.8, 4) is 11.5 Å².